The molecule has 0 N–H and O–H groups in total. The lowest BCUT2D eigenvalue weighted by Gasteiger charge is -2.33. The third-order valence-electron chi connectivity index (χ3n) is 6.27. The van der Waals surface area contributed by atoms with E-state index in [-0.39, 0.29) is 17.7 Å². The summed E-state index contributed by atoms with van der Waals surface area (Å²) in [7, 11) is 0. The first-order valence-corrected chi connectivity index (χ1v) is 10.9. The van der Waals surface area contributed by atoms with E-state index in [1.807, 2.05) is 23.6 Å². The molecule has 10 heteroatoms. The zero-order valence-corrected chi connectivity index (χ0v) is 18.5. The number of carbonyl (C=O) groups excluding carboxylic acids is 2. The number of aromatic nitrogens is 3. The molecule has 168 valence electrons. The van der Waals surface area contributed by atoms with Crippen molar-refractivity contribution in [2.24, 2.45) is 5.92 Å². The van der Waals surface area contributed by atoms with Gasteiger partial charge in [-0.25, -0.2) is 0 Å². The standard InChI is InChI=1S/C21H30N6O4/c1-14-19(15(2)30-23-14)20-22-18(24-31-20)13-25-7-4-8-27(12-11-25)21(29)17-5-9-26(10-6-17)16(3)28/h17H,4-13H2,1-3H3. The van der Waals surface area contributed by atoms with Crippen molar-refractivity contribution in [2.75, 3.05) is 39.3 Å². The molecule has 0 saturated carbocycles. The summed E-state index contributed by atoms with van der Waals surface area (Å²) in [5.74, 6) is 2.05. The summed E-state index contributed by atoms with van der Waals surface area (Å²) < 4.78 is 10.6. The predicted molar refractivity (Wildman–Crippen MR) is 111 cm³/mol. The van der Waals surface area contributed by atoms with E-state index < -0.39 is 0 Å². The number of aryl methyl sites for hydroxylation is 2. The summed E-state index contributed by atoms with van der Waals surface area (Å²) in [4.78, 5) is 35.1. The normalized spacial score (nSPS) is 18.9. The third-order valence-corrected chi connectivity index (χ3v) is 6.27. The van der Waals surface area contributed by atoms with Gasteiger partial charge in [-0.05, 0) is 33.1 Å². The van der Waals surface area contributed by atoms with Gasteiger partial charge in [0.05, 0.1) is 12.2 Å². The Bertz CT molecular complexity index is 911. The van der Waals surface area contributed by atoms with Crippen LogP contribution in [-0.2, 0) is 16.1 Å². The van der Waals surface area contributed by atoms with Crippen molar-refractivity contribution in [3.05, 3.63) is 17.3 Å². The highest BCUT2D eigenvalue weighted by molar-refractivity contribution is 5.79. The summed E-state index contributed by atoms with van der Waals surface area (Å²) in [6, 6.07) is 0. The number of piperidine rings is 1. The summed E-state index contributed by atoms with van der Waals surface area (Å²) >= 11 is 0. The molecule has 0 atom stereocenters. The lowest BCUT2D eigenvalue weighted by atomic mass is 9.95. The second kappa shape index (κ2) is 9.17. The van der Waals surface area contributed by atoms with Crippen LogP contribution < -0.4 is 0 Å². The quantitative estimate of drug-likeness (QED) is 0.720. The lowest BCUT2D eigenvalue weighted by Crippen LogP contribution is -2.44. The zero-order chi connectivity index (χ0) is 22.0. The molecule has 4 heterocycles. The van der Waals surface area contributed by atoms with Crippen molar-refractivity contribution in [2.45, 2.75) is 46.6 Å². The largest absolute Gasteiger partial charge is 0.361 e. The van der Waals surface area contributed by atoms with E-state index in [2.05, 4.69) is 20.2 Å². The molecule has 0 aromatic carbocycles. The molecule has 0 radical (unpaired) electrons. The third kappa shape index (κ3) is 4.79. The van der Waals surface area contributed by atoms with Crippen LogP contribution in [0.5, 0.6) is 0 Å². The first-order valence-electron chi connectivity index (χ1n) is 10.9. The van der Waals surface area contributed by atoms with E-state index in [1.165, 1.54) is 0 Å². The minimum absolute atomic E-state index is 0.0250. The molecule has 0 bridgehead atoms. The molecule has 2 aromatic heterocycles. The highest BCUT2D eigenvalue weighted by Crippen LogP contribution is 2.25. The summed E-state index contributed by atoms with van der Waals surface area (Å²) in [6.07, 6.45) is 2.42. The van der Waals surface area contributed by atoms with Crippen LogP contribution in [-0.4, -0.2) is 81.1 Å². The van der Waals surface area contributed by atoms with Crippen molar-refractivity contribution < 1.29 is 18.6 Å². The maximum atomic E-state index is 13.0. The van der Waals surface area contributed by atoms with Gasteiger partial charge in [0, 0.05) is 52.1 Å². The Kier molecular flexibility index (Phi) is 6.35. The summed E-state index contributed by atoms with van der Waals surface area (Å²) in [6.45, 7) is 10.3. The van der Waals surface area contributed by atoms with Crippen molar-refractivity contribution >= 4 is 11.8 Å². The van der Waals surface area contributed by atoms with Gasteiger partial charge in [0.15, 0.2) is 5.82 Å². The molecule has 4 rings (SSSR count). The fraction of sp³-hybridized carbons (Fsp3) is 0.667. The van der Waals surface area contributed by atoms with Gasteiger partial charge in [-0.1, -0.05) is 10.3 Å². The fourth-order valence-corrected chi connectivity index (χ4v) is 4.46. The van der Waals surface area contributed by atoms with Crippen LogP contribution >= 0.6 is 0 Å². The van der Waals surface area contributed by atoms with Gasteiger partial charge in [-0.15, -0.1) is 0 Å². The highest BCUT2D eigenvalue weighted by atomic mass is 16.5. The van der Waals surface area contributed by atoms with Crippen molar-refractivity contribution in [3.63, 3.8) is 0 Å². The maximum Gasteiger partial charge on any atom is 0.263 e. The Morgan fingerprint density at radius 2 is 1.74 bits per heavy atom. The van der Waals surface area contributed by atoms with E-state index in [1.54, 1.807) is 6.92 Å². The number of amides is 2. The van der Waals surface area contributed by atoms with E-state index in [0.717, 1.165) is 50.2 Å². The van der Waals surface area contributed by atoms with Crippen LogP contribution in [0.2, 0.25) is 0 Å². The second-order valence-corrected chi connectivity index (χ2v) is 8.45. The molecule has 2 aliphatic heterocycles. The molecule has 0 spiro atoms. The predicted octanol–water partition coefficient (Wildman–Crippen LogP) is 1.63. The van der Waals surface area contributed by atoms with Gasteiger partial charge >= 0.3 is 0 Å². The van der Waals surface area contributed by atoms with Crippen LogP contribution in [0.15, 0.2) is 9.05 Å². The number of rotatable bonds is 4. The average Bonchev–Trinajstić information content (AvgIpc) is 3.26. The van der Waals surface area contributed by atoms with Gasteiger partial charge in [0.25, 0.3) is 5.89 Å². The number of hydrogen-bond acceptors (Lipinski definition) is 8. The molecule has 31 heavy (non-hydrogen) atoms. The van der Waals surface area contributed by atoms with E-state index >= 15 is 0 Å². The molecule has 10 nitrogen and oxygen atoms in total. The topological polar surface area (TPSA) is 109 Å². The molecule has 2 saturated heterocycles. The van der Waals surface area contributed by atoms with E-state index in [4.69, 9.17) is 9.05 Å². The van der Waals surface area contributed by atoms with Crippen molar-refractivity contribution in [1.82, 2.24) is 30.0 Å². The Hall–Kier alpha value is -2.75. The molecular formula is C21H30N6O4. The zero-order valence-electron chi connectivity index (χ0n) is 18.5. The minimum Gasteiger partial charge on any atom is -0.361 e. The fourth-order valence-electron chi connectivity index (χ4n) is 4.46. The Balaban J connectivity index is 1.31. The van der Waals surface area contributed by atoms with Gasteiger partial charge < -0.3 is 18.8 Å². The Labute approximate surface area is 181 Å². The molecule has 2 amide bonds. The molecule has 2 aromatic rings. The number of likely N-dealkylation sites (tertiary alicyclic amines) is 1. The van der Waals surface area contributed by atoms with Crippen molar-refractivity contribution in [3.8, 4) is 11.5 Å². The smallest absolute Gasteiger partial charge is 0.263 e. The molecule has 0 aliphatic carbocycles. The molecule has 0 unspecified atom stereocenters. The number of nitrogens with zero attached hydrogens (tertiary/aromatic N) is 6. The molecular weight excluding hydrogens is 400 g/mol. The van der Waals surface area contributed by atoms with Crippen LogP contribution in [0.4, 0.5) is 0 Å². The van der Waals surface area contributed by atoms with Crippen LogP contribution in [0, 0.1) is 19.8 Å². The van der Waals surface area contributed by atoms with E-state index in [0.29, 0.717) is 43.7 Å². The number of hydrogen-bond donors (Lipinski definition) is 0. The molecule has 2 fully saturated rings. The first kappa shape index (κ1) is 21.5. The van der Waals surface area contributed by atoms with Gasteiger partial charge in [-0.3, -0.25) is 14.5 Å². The van der Waals surface area contributed by atoms with Crippen molar-refractivity contribution in [1.29, 1.82) is 0 Å². The van der Waals surface area contributed by atoms with E-state index in [9.17, 15) is 9.59 Å². The summed E-state index contributed by atoms with van der Waals surface area (Å²) in [5, 5.41) is 8.05. The van der Waals surface area contributed by atoms with Gasteiger partial charge in [0.1, 0.15) is 11.3 Å². The highest BCUT2D eigenvalue weighted by Gasteiger charge is 2.30. The monoisotopic (exact) mass is 430 g/mol. The minimum atomic E-state index is 0.0250. The number of carbonyl (C=O) groups is 2. The van der Waals surface area contributed by atoms with Crippen LogP contribution in [0.3, 0.4) is 0 Å². The maximum absolute atomic E-state index is 13.0. The first-order chi connectivity index (χ1) is 14.9. The SMILES string of the molecule is CC(=O)N1CCC(C(=O)N2CCCN(Cc3noc(-c4c(C)noc4C)n3)CC2)CC1. The lowest BCUT2D eigenvalue weighted by molar-refractivity contribution is -0.140. The van der Waals surface area contributed by atoms with Gasteiger partial charge in [0.2, 0.25) is 11.8 Å². The average molecular weight is 431 g/mol. The molecule has 2 aliphatic rings. The van der Waals surface area contributed by atoms with Crippen LogP contribution in [0.25, 0.3) is 11.5 Å². The Morgan fingerprint density at radius 1 is 0.968 bits per heavy atom. The summed E-state index contributed by atoms with van der Waals surface area (Å²) in [5.41, 5.74) is 1.48. The van der Waals surface area contributed by atoms with Gasteiger partial charge in [-0.2, -0.15) is 4.98 Å². The Morgan fingerprint density at radius 3 is 2.42 bits per heavy atom. The van der Waals surface area contributed by atoms with Crippen LogP contribution in [0.1, 0.15) is 43.5 Å². The second-order valence-electron chi connectivity index (χ2n) is 8.45.